The van der Waals surface area contributed by atoms with Gasteiger partial charge in [-0.25, -0.2) is 0 Å². The normalized spacial score (nSPS) is 33.2. The van der Waals surface area contributed by atoms with E-state index >= 15 is 0 Å². The number of hydrogen-bond acceptors (Lipinski definition) is 2. The van der Waals surface area contributed by atoms with E-state index in [2.05, 4.69) is 92.1 Å². The SMILES string of the molecule is CCC12CCCCC1(CC)N1c3cccc4c3B(c3cccc2c31)c1cccc2c1N4C1(CC)CCCCC21CC. The van der Waals surface area contributed by atoms with Gasteiger partial charge in [-0.2, -0.15) is 0 Å². The van der Waals surface area contributed by atoms with Gasteiger partial charge in [0, 0.05) is 33.6 Å². The van der Waals surface area contributed by atoms with E-state index in [1.165, 1.54) is 88.4 Å². The minimum absolute atomic E-state index is 0.173. The second-order valence-electron chi connectivity index (χ2n) is 14.4. The Labute approximate surface area is 247 Å². The van der Waals surface area contributed by atoms with Crippen LogP contribution in [0.15, 0.2) is 54.6 Å². The molecule has 2 nitrogen and oxygen atoms in total. The summed E-state index contributed by atoms with van der Waals surface area (Å²) in [6.07, 6.45) is 15.6. The fraction of sp³-hybridized carbons (Fsp3) is 0.526. The van der Waals surface area contributed by atoms with Gasteiger partial charge in [-0.1, -0.05) is 95.8 Å². The number of nitrogens with zero attached hydrogens (tertiary/aromatic N) is 2. The van der Waals surface area contributed by atoms with Gasteiger partial charge in [0.1, 0.15) is 0 Å². The Morgan fingerprint density at radius 1 is 0.561 bits per heavy atom. The number of rotatable bonds is 4. The Hall–Kier alpha value is -2.68. The first kappa shape index (κ1) is 24.9. The topological polar surface area (TPSA) is 6.48 Å². The van der Waals surface area contributed by atoms with Crippen molar-refractivity contribution in [1.82, 2.24) is 0 Å². The third kappa shape index (κ3) is 2.40. The van der Waals surface area contributed by atoms with Crippen molar-refractivity contribution in [2.45, 2.75) is 127 Å². The van der Waals surface area contributed by atoms with Crippen LogP contribution in [0.3, 0.4) is 0 Å². The summed E-state index contributed by atoms with van der Waals surface area (Å²) in [5.41, 5.74) is 15.2. The van der Waals surface area contributed by atoms with Gasteiger partial charge < -0.3 is 9.80 Å². The molecule has 0 spiro atoms. The zero-order valence-corrected chi connectivity index (χ0v) is 25.7. The third-order valence-electron chi connectivity index (χ3n) is 14.0. The van der Waals surface area contributed by atoms with Gasteiger partial charge in [0.15, 0.2) is 0 Å². The minimum atomic E-state index is 0.173. The molecule has 0 radical (unpaired) electrons. The van der Waals surface area contributed by atoms with Gasteiger partial charge in [-0.3, -0.25) is 0 Å². The molecule has 2 aliphatic carbocycles. The van der Waals surface area contributed by atoms with Crippen molar-refractivity contribution in [3.05, 3.63) is 65.7 Å². The molecule has 3 aromatic carbocycles. The van der Waals surface area contributed by atoms with Gasteiger partial charge in [0.25, 0.3) is 6.71 Å². The second-order valence-corrected chi connectivity index (χ2v) is 14.4. The van der Waals surface area contributed by atoms with Crippen LogP contribution < -0.4 is 26.2 Å². The third-order valence-corrected chi connectivity index (χ3v) is 14.0. The fourth-order valence-corrected chi connectivity index (χ4v) is 12.5. The Morgan fingerprint density at radius 3 is 1.44 bits per heavy atom. The molecule has 0 N–H and O–H groups in total. The molecule has 4 aliphatic heterocycles. The summed E-state index contributed by atoms with van der Waals surface area (Å²) in [4.78, 5) is 5.90. The van der Waals surface area contributed by atoms with Gasteiger partial charge in [0.05, 0.1) is 11.1 Å². The summed E-state index contributed by atoms with van der Waals surface area (Å²) >= 11 is 0. The fourth-order valence-electron chi connectivity index (χ4n) is 12.5. The van der Waals surface area contributed by atoms with E-state index in [0.29, 0.717) is 6.71 Å². The highest BCUT2D eigenvalue weighted by molar-refractivity contribution is 7.00. The van der Waals surface area contributed by atoms with Gasteiger partial charge >= 0.3 is 0 Å². The van der Waals surface area contributed by atoms with E-state index in [1.807, 2.05) is 0 Å². The van der Waals surface area contributed by atoms with Crippen LogP contribution in [0.25, 0.3) is 0 Å². The molecule has 9 rings (SSSR count). The molecular weight excluding hydrogens is 495 g/mol. The largest absolute Gasteiger partial charge is 0.335 e. The zero-order valence-electron chi connectivity index (χ0n) is 25.7. The van der Waals surface area contributed by atoms with Crippen molar-refractivity contribution in [2.24, 2.45) is 0 Å². The molecule has 2 fully saturated rings. The maximum atomic E-state index is 2.95. The van der Waals surface area contributed by atoms with E-state index in [1.54, 1.807) is 38.9 Å². The summed E-state index contributed by atoms with van der Waals surface area (Å²) < 4.78 is 0. The van der Waals surface area contributed by atoms with E-state index in [0.717, 1.165) is 0 Å². The summed E-state index contributed by atoms with van der Waals surface area (Å²) in [7, 11) is 0. The van der Waals surface area contributed by atoms with Crippen LogP contribution in [0.5, 0.6) is 0 Å². The van der Waals surface area contributed by atoms with E-state index in [9.17, 15) is 0 Å². The zero-order chi connectivity index (χ0) is 27.8. The number of para-hydroxylation sites is 2. The summed E-state index contributed by atoms with van der Waals surface area (Å²) in [6.45, 7) is 10.3. The van der Waals surface area contributed by atoms with Crippen LogP contribution in [-0.2, 0) is 10.8 Å². The first-order valence-corrected chi connectivity index (χ1v) is 17.1. The van der Waals surface area contributed by atoms with Crippen molar-refractivity contribution >= 4 is 45.9 Å². The molecule has 3 heteroatoms. The predicted octanol–water partition coefficient (Wildman–Crippen LogP) is 7.87. The van der Waals surface area contributed by atoms with Crippen LogP contribution in [0.4, 0.5) is 22.7 Å². The molecule has 6 aliphatic rings. The van der Waals surface area contributed by atoms with Crippen molar-refractivity contribution in [3.8, 4) is 0 Å². The molecule has 4 unspecified atom stereocenters. The van der Waals surface area contributed by atoms with Gasteiger partial charge in [-0.05, 0) is 91.0 Å². The molecule has 0 saturated heterocycles. The molecule has 4 atom stereocenters. The smallest absolute Gasteiger partial charge is 0.252 e. The van der Waals surface area contributed by atoms with E-state index in [-0.39, 0.29) is 21.9 Å². The molecule has 0 aromatic heterocycles. The lowest BCUT2D eigenvalue weighted by Crippen LogP contribution is -2.67. The Balaban J connectivity index is 1.41. The number of hydrogen-bond donors (Lipinski definition) is 0. The number of benzene rings is 3. The highest BCUT2D eigenvalue weighted by Crippen LogP contribution is 2.67. The van der Waals surface area contributed by atoms with Crippen LogP contribution >= 0.6 is 0 Å². The van der Waals surface area contributed by atoms with Crippen molar-refractivity contribution in [1.29, 1.82) is 0 Å². The standard InChI is InChI=1S/C38H45BN2/c1-5-35-22-9-11-24-37(35,7-3)40-30-20-15-21-31-32(30)39(28-18-13-16-26(35)33(28)40)29-19-14-17-27-34(29)41(31)38(8-4)25-12-10-23-36(27,38)6-2/h13-21H,5-12,22-25H2,1-4H3. The number of fused-ring (bicyclic) bond motifs is 10. The predicted molar refractivity (Wildman–Crippen MR) is 175 cm³/mol. The lowest BCUT2D eigenvalue weighted by Gasteiger charge is -2.57. The lowest BCUT2D eigenvalue weighted by molar-refractivity contribution is 0.147. The van der Waals surface area contributed by atoms with Gasteiger partial charge in [-0.15, -0.1) is 0 Å². The monoisotopic (exact) mass is 540 g/mol. The maximum absolute atomic E-state index is 2.95. The first-order chi connectivity index (χ1) is 20.1. The van der Waals surface area contributed by atoms with Crippen molar-refractivity contribution < 1.29 is 0 Å². The van der Waals surface area contributed by atoms with E-state index < -0.39 is 0 Å². The Morgan fingerprint density at radius 2 is 1.00 bits per heavy atom. The highest BCUT2D eigenvalue weighted by atomic mass is 15.3. The second kappa shape index (κ2) is 8.03. The lowest BCUT2D eigenvalue weighted by atomic mass is 9.33. The summed E-state index contributed by atoms with van der Waals surface area (Å²) in [6, 6.07) is 22.4. The van der Waals surface area contributed by atoms with Crippen LogP contribution in [0.1, 0.15) is 116 Å². The van der Waals surface area contributed by atoms with E-state index in [4.69, 9.17) is 0 Å². The molecule has 2 saturated carbocycles. The van der Waals surface area contributed by atoms with Crippen molar-refractivity contribution in [2.75, 3.05) is 9.80 Å². The molecule has 4 heterocycles. The minimum Gasteiger partial charge on any atom is -0.335 e. The molecule has 3 aromatic rings. The maximum Gasteiger partial charge on any atom is 0.252 e. The van der Waals surface area contributed by atoms with Gasteiger partial charge in [0.2, 0.25) is 0 Å². The molecule has 210 valence electrons. The molecule has 0 bridgehead atoms. The van der Waals surface area contributed by atoms with Crippen LogP contribution in [-0.4, -0.2) is 17.8 Å². The van der Waals surface area contributed by atoms with Crippen LogP contribution in [0.2, 0.25) is 0 Å². The average Bonchev–Trinajstić information content (AvgIpc) is 3.46. The Bertz CT molecular complexity index is 1500. The first-order valence-electron chi connectivity index (χ1n) is 17.1. The Kier molecular flexibility index (Phi) is 4.87. The number of anilines is 4. The van der Waals surface area contributed by atoms with Crippen molar-refractivity contribution in [3.63, 3.8) is 0 Å². The molecule has 0 amide bonds. The quantitative estimate of drug-likeness (QED) is 0.311. The van der Waals surface area contributed by atoms with Crippen LogP contribution in [0, 0.1) is 0 Å². The summed E-state index contributed by atoms with van der Waals surface area (Å²) in [5.74, 6) is 0. The molecular formula is C38H45BN2. The highest BCUT2D eigenvalue weighted by Gasteiger charge is 2.66. The molecule has 41 heavy (non-hydrogen) atoms. The summed E-state index contributed by atoms with van der Waals surface area (Å²) in [5, 5.41) is 0. The average molecular weight is 541 g/mol.